The van der Waals surface area contributed by atoms with Crippen LogP contribution in [-0.4, -0.2) is 43.7 Å². The second-order valence-electron chi connectivity index (χ2n) is 7.37. The number of benzene rings is 2. The van der Waals surface area contributed by atoms with Gasteiger partial charge in [0.2, 0.25) is 0 Å². The summed E-state index contributed by atoms with van der Waals surface area (Å²) in [4.78, 5) is 14.5. The average molecular weight is 418 g/mol. The topological polar surface area (TPSA) is 38.8 Å². The molecule has 0 spiro atoms. The van der Waals surface area contributed by atoms with Gasteiger partial charge < -0.3 is 14.4 Å². The van der Waals surface area contributed by atoms with Crippen LogP contribution in [0.2, 0.25) is 0 Å². The van der Waals surface area contributed by atoms with Crippen molar-refractivity contribution >= 4 is 18.4 Å². The number of ether oxygens (including phenoxy) is 2. The standard InChI is InChI=1S/C24H31NO3.ClH/c1-3-25(15-7-8-16-28-24(26)19-9-5-4-6-10-19)22-13-11-21-18-23(27-2)14-12-20(21)17-22;/h4-6,9-10,12,14,18,22H,3,7-8,11,13,15-17H2,1-2H3;1H. The maximum atomic E-state index is 12.0. The van der Waals surface area contributed by atoms with E-state index in [-0.39, 0.29) is 18.4 Å². The van der Waals surface area contributed by atoms with Gasteiger partial charge in [0.25, 0.3) is 0 Å². The Kier molecular flexibility index (Phi) is 9.49. The van der Waals surface area contributed by atoms with E-state index in [9.17, 15) is 4.79 Å². The van der Waals surface area contributed by atoms with Crippen LogP contribution in [0.15, 0.2) is 48.5 Å². The number of hydrogen-bond donors (Lipinski definition) is 0. The smallest absolute Gasteiger partial charge is 0.338 e. The van der Waals surface area contributed by atoms with Crippen molar-refractivity contribution < 1.29 is 14.3 Å². The lowest BCUT2D eigenvalue weighted by molar-refractivity contribution is 0.0492. The Morgan fingerprint density at radius 2 is 1.90 bits per heavy atom. The first-order valence-electron chi connectivity index (χ1n) is 10.3. The first-order valence-corrected chi connectivity index (χ1v) is 10.3. The highest BCUT2D eigenvalue weighted by molar-refractivity contribution is 5.89. The zero-order chi connectivity index (χ0) is 19.8. The number of carbonyl (C=O) groups excluding carboxylic acids is 1. The molecule has 1 atom stereocenters. The molecule has 0 saturated carbocycles. The van der Waals surface area contributed by atoms with Crippen molar-refractivity contribution in [2.45, 2.75) is 45.1 Å². The third kappa shape index (κ3) is 6.48. The molecular formula is C24H32ClNO3. The second-order valence-corrected chi connectivity index (χ2v) is 7.37. The molecule has 0 N–H and O–H groups in total. The number of likely N-dealkylation sites (N-methyl/N-ethyl adjacent to an activating group) is 1. The molecular weight excluding hydrogens is 386 g/mol. The molecule has 5 heteroatoms. The van der Waals surface area contributed by atoms with Gasteiger partial charge in [0.15, 0.2) is 0 Å². The number of methoxy groups -OCH3 is 1. The molecule has 0 heterocycles. The van der Waals surface area contributed by atoms with Crippen molar-refractivity contribution in [3.05, 3.63) is 65.2 Å². The van der Waals surface area contributed by atoms with Gasteiger partial charge in [-0.15, -0.1) is 12.4 Å². The van der Waals surface area contributed by atoms with Crippen LogP contribution in [0.25, 0.3) is 0 Å². The number of hydrogen-bond acceptors (Lipinski definition) is 4. The third-order valence-electron chi connectivity index (χ3n) is 5.62. The number of aryl methyl sites for hydroxylation is 1. The number of fused-ring (bicyclic) bond motifs is 1. The fourth-order valence-electron chi connectivity index (χ4n) is 3.99. The minimum absolute atomic E-state index is 0. The van der Waals surface area contributed by atoms with Gasteiger partial charge in [-0.3, -0.25) is 0 Å². The highest BCUT2D eigenvalue weighted by Crippen LogP contribution is 2.28. The molecule has 0 saturated heterocycles. The Morgan fingerprint density at radius 3 is 2.62 bits per heavy atom. The molecule has 1 aliphatic carbocycles. The van der Waals surface area contributed by atoms with Crippen LogP contribution in [0.5, 0.6) is 5.75 Å². The molecule has 0 aliphatic heterocycles. The summed E-state index contributed by atoms with van der Waals surface area (Å²) in [5.74, 6) is 0.724. The highest BCUT2D eigenvalue weighted by Gasteiger charge is 2.23. The Balaban J connectivity index is 0.00000300. The van der Waals surface area contributed by atoms with Crippen LogP contribution < -0.4 is 4.74 Å². The normalized spacial score (nSPS) is 15.3. The van der Waals surface area contributed by atoms with E-state index in [1.165, 1.54) is 17.5 Å². The van der Waals surface area contributed by atoms with E-state index in [2.05, 4.69) is 30.0 Å². The van der Waals surface area contributed by atoms with Crippen LogP contribution in [0.3, 0.4) is 0 Å². The van der Waals surface area contributed by atoms with Crippen molar-refractivity contribution in [2.24, 2.45) is 0 Å². The Bertz CT molecular complexity index is 766. The number of unbranched alkanes of at least 4 members (excludes halogenated alkanes) is 1. The summed E-state index contributed by atoms with van der Waals surface area (Å²) in [6.45, 7) is 4.83. The molecule has 0 fully saturated rings. The molecule has 29 heavy (non-hydrogen) atoms. The van der Waals surface area contributed by atoms with Gasteiger partial charge in [0.1, 0.15) is 5.75 Å². The van der Waals surface area contributed by atoms with E-state index in [1.807, 2.05) is 18.2 Å². The predicted octanol–water partition coefficient (Wildman–Crippen LogP) is 4.93. The zero-order valence-electron chi connectivity index (χ0n) is 17.4. The molecule has 0 radical (unpaired) electrons. The van der Waals surface area contributed by atoms with E-state index < -0.39 is 0 Å². The van der Waals surface area contributed by atoms with E-state index in [1.54, 1.807) is 19.2 Å². The minimum atomic E-state index is -0.229. The SMILES string of the molecule is CCN(CCCCOC(=O)c1ccccc1)C1CCc2cc(OC)ccc2C1.Cl. The molecule has 3 rings (SSSR count). The number of halogens is 1. The maximum absolute atomic E-state index is 12.0. The first-order chi connectivity index (χ1) is 13.7. The monoisotopic (exact) mass is 417 g/mol. The fourth-order valence-corrected chi connectivity index (χ4v) is 3.99. The Labute approximate surface area is 180 Å². The van der Waals surface area contributed by atoms with Crippen molar-refractivity contribution in [1.29, 1.82) is 0 Å². The summed E-state index contributed by atoms with van der Waals surface area (Å²) in [6.07, 6.45) is 5.35. The lowest BCUT2D eigenvalue weighted by atomic mass is 9.87. The molecule has 1 unspecified atom stereocenters. The van der Waals surface area contributed by atoms with E-state index in [0.717, 1.165) is 44.5 Å². The van der Waals surface area contributed by atoms with E-state index in [0.29, 0.717) is 18.2 Å². The number of nitrogens with zero attached hydrogens (tertiary/aromatic N) is 1. The summed E-state index contributed by atoms with van der Waals surface area (Å²) >= 11 is 0. The second kappa shape index (κ2) is 11.8. The van der Waals surface area contributed by atoms with Gasteiger partial charge in [-0.1, -0.05) is 31.2 Å². The summed E-state index contributed by atoms with van der Waals surface area (Å²) in [6, 6.07) is 16.3. The van der Waals surface area contributed by atoms with Gasteiger partial charge in [-0.25, -0.2) is 4.79 Å². The summed E-state index contributed by atoms with van der Waals surface area (Å²) in [5.41, 5.74) is 3.50. The van der Waals surface area contributed by atoms with Crippen molar-refractivity contribution in [3.8, 4) is 5.75 Å². The molecule has 2 aromatic rings. The first kappa shape index (κ1) is 23.2. The van der Waals surface area contributed by atoms with Gasteiger partial charge in [0, 0.05) is 6.04 Å². The largest absolute Gasteiger partial charge is 0.497 e. The Hall–Kier alpha value is -2.04. The van der Waals surface area contributed by atoms with Crippen LogP contribution in [-0.2, 0) is 17.6 Å². The zero-order valence-corrected chi connectivity index (χ0v) is 18.2. The fraction of sp³-hybridized carbons (Fsp3) is 0.458. The van der Waals surface area contributed by atoms with E-state index in [4.69, 9.17) is 9.47 Å². The lowest BCUT2D eigenvalue weighted by Crippen LogP contribution is -2.39. The van der Waals surface area contributed by atoms with Crippen molar-refractivity contribution in [3.63, 3.8) is 0 Å². The molecule has 4 nitrogen and oxygen atoms in total. The van der Waals surface area contributed by atoms with Crippen LogP contribution in [0, 0.1) is 0 Å². The molecule has 158 valence electrons. The number of carbonyl (C=O) groups is 1. The molecule has 0 aromatic heterocycles. The average Bonchev–Trinajstić information content (AvgIpc) is 2.76. The maximum Gasteiger partial charge on any atom is 0.338 e. The van der Waals surface area contributed by atoms with Crippen molar-refractivity contribution in [1.82, 2.24) is 4.90 Å². The van der Waals surface area contributed by atoms with Crippen LogP contribution in [0.1, 0.15) is 47.7 Å². The van der Waals surface area contributed by atoms with Crippen LogP contribution in [0.4, 0.5) is 0 Å². The van der Waals surface area contributed by atoms with Gasteiger partial charge in [-0.2, -0.15) is 0 Å². The molecule has 0 amide bonds. The van der Waals surface area contributed by atoms with Crippen LogP contribution >= 0.6 is 12.4 Å². The number of esters is 1. The summed E-state index contributed by atoms with van der Waals surface area (Å²) in [7, 11) is 1.73. The summed E-state index contributed by atoms with van der Waals surface area (Å²) in [5, 5.41) is 0. The summed E-state index contributed by atoms with van der Waals surface area (Å²) < 4.78 is 10.7. The molecule has 1 aliphatic rings. The quantitative estimate of drug-likeness (QED) is 0.428. The van der Waals surface area contributed by atoms with E-state index >= 15 is 0 Å². The lowest BCUT2D eigenvalue weighted by Gasteiger charge is -2.34. The van der Waals surface area contributed by atoms with Gasteiger partial charge >= 0.3 is 5.97 Å². The van der Waals surface area contributed by atoms with Gasteiger partial charge in [0.05, 0.1) is 19.3 Å². The molecule has 0 bridgehead atoms. The van der Waals surface area contributed by atoms with Crippen molar-refractivity contribution in [2.75, 3.05) is 26.8 Å². The minimum Gasteiger partial charge on any atom is -0.497 e. The predicted molar refractivity (Wildman–Crippen MR) is 119 cm³/mol. The molecule has 2 aromatic carbocycles. The van der Waals surface area contributed by atoms with Gasteiger partial charge in [-0.05, 0) is 80.6 Å². The Morgan fingerprint density at radius 1 is 1.10 bits per heavy atom. The third-order valence-corrected chi connectivity index (χ3v) is 5.62. The number of rotatable bonds is 9. The highest BCUT2D eigenvalue weighted by atomic mass is 35.5.